The van der Waals surface area contributed by atoms with E-state index in [4.69, 9.17) is 0 Å². The van der Waals surface area contributed by atoms with E-state index >= 15 is 0 Å². The van der Waals surface area contributed by atoms with Crippen LogP contribution in [0.2, 0.25) is 0 Å². The molecule has 1 unspecified atom stereocenters. The van der Waals surface area contributed by atoms with Gasteiger partial charge in [-0.2, -0.15) is 0 Å². The zero-order chi connectivity index (χ0) is 14.6. The summed E-state index contributed by atoms with van der Waals surface area (Å²) in [4.78, 5) is 11.8. The van der Waals surface area contributed by atoms with Crippen LogP contribution in [0.1, 0.15) is 17.5 Å². The quantitative estimate of drug-likeness (QED) is 0.843. The van der Waals surface area contributed by atoms with E-state index in [1.807, 2.05) is 31.2 Å². The highest BCUT2D eigenvalue weighted by Crippen LogP contribution is 2.06. The lowest BCUT2D eigenvalue weighted by atomic mass is 10.1. The lowest BCUT2D eigenvalue weighted by molar-refractivity contribution is -0.121. The zero-order valence-electron chi connectivity index (χ0n) is 11.6. The number of rotatable bonds is 4. The van der Waals surface area contributed by atoms with Gasteiger partial charge in [-0.25, -0.2) is 8.42 Å². The lowest BCUT2D eigenvalue weighted by Gasteiger charge is -2.23. The van der Waals surface area contributed by atoms with E-state index in [1.165, 1.54) is 5.56 Å². The van der Waals surface area contributed by atoms with Crippen molar-refractivity contribution >= 4 is 15.7 Å². The molecule has 1 amide bonds. The van der Waals surface area contributed by atoms with Gasteiger partial charge in [0.15, 0.2) is 9.84 Å². The average Bonchev–Trinajstić information content (AvgIpc) is 2.37. The SMILES string of the molecule is Cc1ccc(CNC(=O)CC2CS(=O)(=O)CCN2)cc1. The Hall–Kier alpha value is -1.40. The molecule has 1 atom stereocenters. The van der Waals surface area contributed by atoms with Crippen molar-refractivity contribution in [1.82, 2.24) is 10.6 Å². The molecule has 110 valence electrons. The molecule has 0 spiro atoms. The fourth-order valence-electron chi connectivity index (χ4n) is 2.20. The van der Waals surface area contributed by atoms with Gasteiger partial charge in [0.05, 0.1) is 11.5 Å². The Morgan fingerprint density at radius 1 is 1.35 bits per heavy atom. The van der Waals surface area contributed by atoms with E-state index in [9.17, 15) is 13.2 Å². The molecule has 20 heavy (non-hydrogen) atoms. The second-order valence-electron chi connectivity index (χ2n) is 5.23. The molecule has 0 aromatic heterocycles. The number of carbonyl (C=O) groups is 1. The highest BCUT2D eigenvalue weighted by molar-refractivity contribution is 7.91. The summed E-state index contributed by atoms with van der Waals surface area (Å²) in [6, 6.07) is 7.66. The topological polar surface area (TPSA) is 75.3 Å². The molecular formula is C14H20N2O3S. The van der Waals surface area contributed by atoms with Crippen LogP contribution in [-0.4, -0.2) is 38.4 Å². The van der Waals surface area contributed by atoms with Gasteiger partial charge in [0, 0.05) is 25.6 Å². The van der Waals surface area contributed by atoms with Crippen molar-refractivity contribution in [2.75, 3.05) is 18.1 Å². The second-order valence-corrected chi connectivity index (χ2v) is 7.46. The highest BCUT2D eigenvalue weighted by Gasteiger charge is 2.25. The number of hydrogen-bond acceptors (Lipinski definition) is 4. The van der Waals surface area contributed by atoms with Gasteiger partial charge in [-0.3, -0.25) is 4.79 Å². The van der Waals surface area contributed by atoms with Gasteiger partial charge in [0.25, 0.3) is 0 Å². The van der Waals surface area contributed by atoms with Crippen LogP contribution in [0.5, 0.6) is 0 Å². The maximum atomic E-state index is 11.8. The minimum Gasteiger partial charge on any atom is -0.352 e. The lowest BCUT2D eigenvalue weighted by Crippen LogP contribution is -2.47. The number of hydrogen-bond donors (Lipinski definition) is 2. The monoisotopic (exact) mass is 296 g/mol. The number of nitrogens with one attached hydrogen (secondary N) is 2. The van der Waals surface area contributed by atoms with E-state index in [-0.39, 0.29) is 29.9 Å². The predicted octanol–water partition coefficient (Wildman–Crippen LogP) is 0.388. The first-order valence-corrected chi connectivity index (χ1v) is 8.53. The number of sulfone groups is 1. The van der Waals surface area contributed by atoms with Gasteiger partial charge in [-0.05, 0) is 12.5 Å². The van der Waals surface area contributed by atoms with E-state index < -0.39 is 9.84 Å². The fraction of sp³-hybridized carbons (Fsp3) is 0.500. The molecule has 5 nitrogen and oxygen atoms in total. The summed E-state index contributed by atoms with van der Waals surface area (Å²) in [7, 11) is -2.99. The van der Waals surface area contributed by atoms with Crippen LogP contribution in [0.3, 0.4) is 0 Å². The van der Waals surface area contributed by atoms with Crippen LogP contribution in [-0.2, 0) is 21.2 Å². The van der Waals surface area contributed by atoms with Crippen molar-refractivity contribution in [2.24, 2.45) is 0 Å². The molecular weight excluding hydrogens is 276 g/mol. The van der Waals surface area contributed by atoms with Gasteiger partial charge < -0.3 is 10.6 Å². The van der Waals surface area contributed by atoms with E-state index in [0.29, 0.717) is 13.1 Å². The fourth-order valence-corrected chi connectivity index (χ4v) is 3.65. The van der Waals surface area contributed by atoms with Crippen molar-refractivity contribution in [2.45, 2.75) is 25.9 Å². The Morgan fingerprint density at radius 2 is 2.05 bits per heavy atom. The summed E-state index contributed by atoms with van der Waals surface area (Å²) in [6.45, 7) is 2.91. The molecule has 0 radical (unpaired) electrons. The number of aryl methyl sites for hydroxylation is 1. The van der Waals surface area contributed by atoms with Crippen LogP contribution in [0.4, 0.5) is 0 Å². The number of carbonyl (C=O) groups excluding carboxylic acids is 1. The molecule has 0 saturated carbocycles. The van der Waals surface area contributed by atoms with Crippen molar-refractivity contribution in [3.63, 3.8) is 0 Å². The largest absolute Gasteiger partial charge is 0.352 e. The average molecular weight is 296 g/mol. The van der Waals surface area contributed by atoms with Crippen LogP contribution >= 0.6 is 0 Å². The molecule has 1 saturated heterocycles. The van der Waals surface area contributed by atoms with Crippen LogP contribution in [0, 0.1) is 6.92 Å². The van der Waals surface area contributed by atoms with Gasteiger partial charge >= 0.3 is 0 Å². The maximum Gasteiger partial charge on any atom is 0.221 e. The summed E-state index contributed by atoms with van der Waals surface area (Å²) < 4.78 is 23.0. The number of benzene rings is 1. The Morgan fingerprint density at radius 3 is 2.70 bits per heavy atom. The van der Waals surface area contributed by atoms with Crippen molar-refractivity contribution in [3.8, 4) is 0 Å². The van der Waals surface area contributed by atoms with Crippen LogP contribution < -0.4 is 10.6 Å². The first-order valence-electron chi connectivity index (χ1n) is 6.71. The molecule has 0 aliphatic carbocycles. The highest BCUT2D eigenvalue weighted by atomic mass is 32.2. The summed E-state index contributed by atoms with van der Waals surface area (Å²) >= 11 is 0. The molecule has 2 rings (SSSR count). The predicted molar refractivity (Wildman–Crippen MR) is 78.1 cm³/mol. The second kappa shape index (κ2) is 6.37. The summed E-state index contributed by atoms with van der Waals surface area (Å²) in [6.07, 6.45) is 0.199. The summed E-state index contributed by atoms with van der Waals surface area (Å²) in [5.74, 6) is 0.0829. The van der Waals surface area contributed by atoms with Crippen molar-refractivity contribution in [1.29, 1.82) is 0 Å². The Balaban J connectivity index is 1.79. The van der Waals surface area contributed by atoms with E-state index in [1.54, 1.807) is 0 Å². The van der Waals surface area contributed by atoms with Crippen molar-refractivity contribution in [3.05, 3.63) is 35.4 Å². The molecule has 1 aromatic carbocycles. The molecule has 0 bridgehead atoms. The molecule has 6 heteroatoms. The molecule has 1 aromatic rings. The smallest absolute Gasteiger partial charge is 0.221 e. The number of amides is 1. The minimum atomic E-state index is -2.99. The standard InChI is InChI=1S/C14H20N2O3S/c1-11-2-4-12(5-3-11)9-16-14(17)8-13-10-20(18,19)7-6-15-13/h2-5,13,15H,6-10H2,1H3,(H,16,17). The molecule has 1 aliphatic heterocycles. The summed E-state index contributed by atoms with van der Waals surface area (Å²) in [5, 5.41) is 5.89. The Kier molecular flexibility index (Phi) is 4.77. The Labute approximate surface area is 119 Å². The third-order valence-electron chi connectivity index (χ3n) is 3.34. The Bertz CT molecular complexity index is 567. The minimum absolute atomic E-state index is 0.0466. The van der Waals surface area contributed by atoms with E-state index in [2.05, 4.69) is 10.6 Å². The van der Waals surface area contributed by atoms with E-state index in [0.717, 1.165) is 5.56 Å². The molecule has 2 N–H and O–H groups in total. The van der Waals surface area contributed by atoms with Crippen molar-refractivity contribution < 1.29 is 13.2 Å². The zero-order valence-corrected chi connectivity index (χ0v) is 12.4. The first kappa shape index (κ1) is 15.0. The van der Waals surface area contributed by atoms with Crippen LogP contribution in [0.25, 0.3) is 0 Å². The van der Waals surface area contributed by atoms with Gasteiger partial charge in [-0.15, -0.1) is 0 Å². The third-order valence-corrected chi connectivity index (χ3v) is 5.08. The third kappa shape index (κ3) is 4.61. The van der Waals surface area contributed by atoms with Gasteiger partial charge in [0.2, 0.25) is 5.91 Å². The maximum absolute atomic E-state index is 11.8. The molecule has 1 aliphatic rings. The van der Waals surface area contributed by atoms with Gasteiger partial charge in [-0.1, -0.05) is 29.8 Å². The summed E-state index contributed by atoms with van der Waals surface area (Å²) in [5.41, 5.74) is 2.21. The molecule has 1 heterocycles. The first-order chi connectivity index (χ1) is 9.44. The van der Waals surface area contributed by atoms with Gasteiger partial charge in [0.1, 0.15) is 0 Å². The normalized spacial score (nSPS) is 21.4. The molecule has 1 fully saturated rings. The van der Waals surface area contributed by atoms with Crippen LogP contribution in [0.15, 0.2) is 24.3 Å².